The summed E-state index contributed by atoms with van der Waals surface area (Å²) < 4.78 is 28.8. The number of carbonyl (C=O) groups excluding carboxylic acids is 1. The first-order chi connectivity index (χ1) is 8.53. The van der Waals surface area contributed by atoms with Gasteiger partial charge < -0.3 is 13.8 Å². The third-order valence-corrected chi connectivity index (χ3v) is 5.52. The number of carbonyl (C=O) groups is 1. The lowest BCUT2D eigenvalue weighted by molar-refractivity contribution is -0.115. The lowest BCUT2D eigenvalue weighted by Crippen LogP contribution is -2.09. The molecule has 102 valence electrons. The van der Waals surface area contributed by atoms with Crippen LogP contribution in [0.4, 0.5) is 0 Å². The van der Waals surface area contributed by atoms with Crippen molar-refractivity contribution in [3.63, 3.8) is 0 Å². The predicted octanol–water partition coefficient (Wildman–Crippen LogP) is 2.51. The Morgan fingerprint density at radius 3 is 2.50 bits per heavy atom. The second-order valence-electron chi connectivity index (χ2n) is 4.44. The Morgan fingerprint density at radius 1 is 1.33 bits per heavy atom. The summed E-state index contributed by atoms with van der Waals surface area (Å²) in [6.07, 6.45) is 0.185. The van der Waals surface area contributed by atoms with E-state index >= 15 is 0 Å². The molecular formula is C12H19O5P. The van der Waals surface area contributed by atoms with Crippen LogP contribution in [0.15, 0.2) is 10.9 Å². The third-order valence-electron chi connectivity index (χ3n) is 3.27. The number of fused-ring (bicyclic) bond motifs is 1. The Labute approximate surface area is 107 Å². The monoisotopic (exact) mass is 274 g/mol. The molecule has 2 atom stereocenters. The Hall–Kier alpha value is -0.480. The van der Waals surface area contributed by atoms with E-state index in [0.29, 0.717) is 13.0 Å². The SMILES string of the molecule is CCOP(=O)(OCC)C1=C2[C@@H](CO[C@H]2C)CC1=O. The van der Waals surface area contributed by atoms with Crippen molar-refractivity contribution < 1.29 is 23.1 Å². The Morgan fingerprint density at radius 2 is 1.94 bits per heavy atom. The molecule has 0 radical (unpaired) electrons. The van der Waals surface area contributed by atoms with E-state index in [4.69, 9.17) is 13.8 Å². The van der Waals surface area contributed by atoms with E-state index in [1.54, 1.807) is 13.8 Å². The van der Waals surface area contributed by atoms with Crippen LogP contribution < -0.4 is 0 Å². The van der Waals surface area contributed by atoms with E-state index in [9.17, 15) is 9.36 Å². The number of ketones is 1. The number of hydrogen-bond donors (Lipinski definition) is 0. The number of rotatable bonds is 5. The zero-order chi connectivity index (χ0) is 13.3. The predicted molar refractivity (Wildman–Crippen MR) is 66.4 cm³/mol. The van der Waals surface area contributed by atoms with Crippen molar-refractivity contribution in [2.45, 2.75) is 33.3 Å². The van der Waals surface area contributed by atoms with Crippen LogP contribution in [0.25, 0.3) is 0 Å². The standard InChI is InChI=1S/C12H19O5P/c1-4-16-18(14,17-5-2)12-10(13)6-9-7-15-8(3)11(9)12/h8-9H,4-7H2,1-3H3/t8-,9+/m0/s1. The molecule has 1 saturated heterocycles. The number of allylic oxidation sites excluding steroid dienone is 1. The maximum atomic E-state index is 12.7. The third kappa shape index (κ3) is 2.21. The molecule has 0 aromatic heterocycles. The Balaban J connectivity index is 2.45. The van der Waals surface area contributed by atoms with Crippen LogP contribution in [0.5, 0.6) is 0 Å². The topological polar surface area (TPSA) is 61.8 Å². The van der Waals surface area contributed by atoms with Gasteiger partial charge in [0.1, 0.15) is 5.31 Å². The van der Waals surface area contributed by atoms with E-state index in [0.717, 1.165) is 5.57 Å². The van der Waals surface area contributed by atoms with Crippen molar-refractivity contribution in [3.8, 4) is 0 Å². The summed E-state index contributed by atoms with van der Waals surface area (Å²) in [5.74, 6) is -0.0629. The minimum atomic E-state index is -3.48. The highest BCUT2D eigenvalue weighted by Gasteiger charge is 2.48. The van der Waals surface area contributed by atoms with E-state index in [-0.39, 0.29) is 36.3 Å². The van der Waals surface area contributed by atoms with Gasteiger partial charge in [0.15, 0.2) is 5.78 Å². The van der Waals surface area contributed by atoms with Crippen LogP contribution in [0.3, 0.4) is 0 Å². The van der Waals surface area contributed by atoms with Crippen LogP contribution >= 0.6 is 7.60 Å². The van der Waals surface area contributed by atoms with Crippen molar-refractivity contribution in [2.75, 3.05) is 19.8 Å². The molecule has 0 bridgehead atoms. The lowest BCUT2D eigenvalue weighted by atomic mass is 10.0. The average Bonchev–Trinajstić information content (AvgIpc) is 2.79. The summed E-state index contributed by atoms with van der Waals surface area (Å²) in [6, 6.07) is 0. The molecule has 0 aromatic carbocycles. The quantitative estimate of drug-likeness (QED) is 0.721. The van der Waals surface area contributed by atoms with Crippen molar-refractivity contribution in [3.05, 3.63) is 10.9 Å². The zero-order valence-corrected chi connectivity index (χ0v) is 11.9. The van der Waals surface area contributed by atoms with Gasteiger partial charge in [-0.15, -0.1) is 0 Å². The average molecular weight is 274 g/mol. The molecule has 1 heterocycles. The van der Waals surface area contributed by atoms with Crippen molar-refractivity contribution in [1.29, 1.82) is 0 Å². The van der Waals surface area contributed by atoms with Gasteiger partial charge in [-0.1, -0.05) is 0 Å². The van der Waals surface area contributed by atoms with Crippen molar-refractivity contribution in [1.82, 2.24) is 0 Å². The van der Waals surface area contributed by atoms with Gasteiger partial charge in [-0.25, -0.2) is 0 Å². The zero-order valence-electron chi connectivity index (χ0n) is 11.0. The normalized spacial score (nSPS) is 28.1. The Bertz CT molecular complexity index is 418. The molecule has 5 nitrogen and oxygen atoms in total. The molecule has 0 amide bonds. The summed E-state index contributed by atoms with van der Waals surface area (Å²) in [6.45, 7) is 6.37. The largest absolute Gasteiger partial charge is 0.373 e. The second kappa shape index (κ2) is 5.25. The van der Waals surface area contributed by atoms with Crippen LogP contribution in [-0.2, 0) is 23.1 Å². The van der Waals surface area contributed by atoms with Crippen molar-refractivity contribution >= 4 is 13.4 Å². The number of ether oxygens (including phenoxy) is 1. The van der Waals surface area contributed by atoms with Gasteiger partial charge in [0.25, 0.3) is 0 Å². The van der Waals surface area contributed by atoms with Crippen LogP contribution in [-0.4, -0.2) is 31.7 Å². The fourth-order valence-corrected chi connectivity index (χ4v) is 4.72. The van der Waals surface area contributed by atoms with E-state index in [1.807, 2.05) is 6.92 Å². The van der Waals surface area contributed by atoms with Gasteiger partial charge in [0, 0.05) is 12.3 Å². The molecule has 2 rings (SSSR count). The molecule has 1 fully saturated rings. The van der Waals surface area contributed by atoms with Crippen LogP contribution in [0.1, 0.15) is 27.2 Å². The van der Waals surface area contributed by atoms with Crippen LogP contribution in [0, 0.1) is 5.92 Å². The molecule has 6 heteroatoms. The van der Waals surface area contributed by atoms with Gasteiger partial charge in [0.2, 0.25) is 0 Å². The fraction of sp³-hybridized carbons (Fsp3) is 0.750. The summed E-state index contributed by atoms with van der Waals surface area (Å²) in [5, 5.41) is 0.251. The highest BCUT2D eigenvalue weighted by Crippen LogP contribution is 2.62. The van der Waals surface area contributed by atoms with Gasteiger partial charge in [0.05, 0.1) is 25.9 Å². The summed E-state index contributed by atoms with van der Waals surface area (Å²) >= 11 is 0. The van der Waals surface area contributed by atoms with Gasteiger partial charge >= 0.3 is 7.60 Å². The smallest absolute Gasteiger partial charge is 0.364 e. The lowest BCUT2D eigenvalue weighted by Gasteiger charge is -2.19. The van der Waals surface area contributed by atoms with E-state index < -0.39 is 7.60 Å². The summed E-state index contributed by atoms with van der Waals surface area (Å²) in [4.78, 5) is 12.1. The van der Waals surface area contributed by atoms with Gasteiger partial charge in [-0.2, -0.15) is 0 Å². The second-order valence-corrected chi connectivity index (χ2v) is 6.40. The Kier molecular flexibility index (Phi) is 4.07. The van der Waals surface area contributed by atoms with Crippen molar-refractivity contribution in [2.24, 2.45) is 5.92 Å². The molecule has 0 saturated carbocycles. The van der Waals surface area contributed by atoms with E-state index in [2.05, 4.69) is 0 Å². The van der Waals surface area contributed by atoms with Gasteiger partial charge in [-0.05, 0) is 26.3 Å². The maximum absolute atomic E-state index is 12.7. The molecule has 0 aromatic rings. The number of Topliss-reactive ketones (excluding diaryl/α,β-unsaturated/α-hetero) is 1. The molecule has 2 aliphatic rings. The first-order valence-corrected chi connectivity index (χ1v) is 7.86. The summed E-state index contributed by atoms with van der Waals surface area (Å²) in [5.41, 5.74) is 0.824. The van der Waals surface area contributed by atoms with E-state index in [1.165, 1.54) is 0 Å². The summed E-state index contributed by atoms with van der Waals surface area (Å²) in [7, 11) is -3.48. The molecule has 0 spiro atoms. The molecule has 1 aliphatic carbocycles. The molecule has 0 N–H and O–H groups in total. The first kappa shape index (κ1) is 13.9. The molecular weight excluding hydrogens is 255 g/mol. The minimum Gasteiger partial charge on any atom is -0.373 e. The maximum Gasteiger partial charge on any atom is 0.364 e. The minimum absolute atomic E-state index is 0.0525. The number of hydrogen-bond acceptors (Lipinski definition) is 5. The molecule has 1 aliphatic heterocycles. The highest BCUT2D eigenvalue weighted by molar-refractivity contribution is 7.60. The molecule has 18 heavy (non-hydrogen) atoms. The van der Waals surface area contributed by atoms with Crippen LogP contribution in [0.2, 0.25) is 0 Å². The molecule has 0 unspecified atom stereocenters. The first-order valence-electron chi connectivity index (χ1n) is 6.32. The van der Waals surface area contributed by atoms with Gasteiger partial charge in [-0.3, -0.25) is 9.36 Å². The fourth-order valence-electron chi connectivity index (χ4n) is 2.63. The highest BCUT2D eigenvalue weighted by atomic mass is 31.2.